The monoisotopic (exact) mass is 1040 g/mol. The molecular weight excluding hydrogens is 1010 g/mol. The summed E-state index contributed by atoms with van der Waals surface area (Å²) in [6, 6.07) is 47.5. The molecule has 0 nitrogen and oxygen atoms in total. The molecule has 290 valence electrons. The van der Waals surface area contributed by atoms with Gasteiger partial charge in [0.25, 0.3) is 0 Å². The molecule has 10 aromatic rings. The number of hydrogen-bond acceptors (Lipinski definition) is 0. The first kappa shape index (κ1) is 36.7. The Morgan fingerprint density at radius 3 is 1.05 bits per heavy atom. The lowest BCUT2D eigenvalue weighted by Crippen LogP contribution is -2.53. The summed E-state index contributed by atoms with van der Waals surface area (Å²) in [6.45, 7) is 9.41. The van der Waals surface area contributed by atoms with E-state index in [-0.39, 0.29) is 13.4 Å². The van der Waals surface area contributed by atoms with Crippen molar-refractivity contribution in [1.29, 1.82) is 0 Å². The van der Waals surface area contributed by atoms with Gasteiger partial charge in [0.05, 0.1) is 0 Å². The first-order chi connectivity index (χ1) is 30.0. The van der Waals surface area contributed by atoms with Crippen LogP contribution in [0.5, 0.6) is 0 Å². The molecule has 0 amide bonds. The third-order valence-corrected chi connectivity index (χ3v) is 16.9. The summed E-state index contributed by atoms with van der Waals surface area (Å²) in [5.74, 6) is 0. The van der Waals surface area contributed by atoms with E-state index in [0.717, 1.165) is 17.9 Å². The van der Waals surface area contributed by atoms with Crippen molar-refractivity contribution in [3.63, 3.8) is 0 Å². The van der Waals surface area contributed by atoms with E-state index in [1.54, 1.807) is 0 Å². The summed E-state index contributed by atoms with van der Waals surface area (Å²) < 4.78 is 4.44. The molecule has 0 atom stereocenters. The second-order valence-electron chi connectivity index (χ2n) is 18.2. The van der Waals surface area contributed by atoms with Crippen LogP contribution in [0.25, 0.3) is 99.1 Å². The number of benzene rings is 10. The Kier molecular flexibility index (Phi) is 7.41. The summed E-state index contributed by atoms with van der Waals surface area (Å²) in [7, 11) is 0. The number of hydrogen-bond donors (Lipinski definition) is 0. The molecule has 6 heteroatoms. The Morgan fingerprint density at radius 1 is 0.306 bits per heavy atom. The molecule has 0 saturated heterocycles. The highest BCUT2D eigenvalue weighted by Crippen LogP contribution is 2.52. The summed E-state index contributed by atoms with van der Waals surface area (Å²) in [6.07, 6.45) is 0. The van der Waals surface area contributed by atoms with Gasteiger partial charge in [0.2, 0.25) is 13.4 Å². The van der Waals surface area contributed by atoms with Crippen LogP contribution in [0.15, 0.2) is 139 Å². The molecule has 14 rings (SSSR count). The third kappa shape index (κ3) is 4.55. The zero-order chi connectivity index (χ0) is 41.8. The number of fused-ring (bicyclic) bond motifs is 10. The van der Waals surface area contributed by atoms with Crippen LogP contribution >= 0.6 is 63.7 Å². The summed E-state index contributed by atoms with van der Waals surface area (Å²) in [4.78, 5) is 0. The Bertz CT molecular complexity index is 3520. The maximum atomic E-state index is 4.04. The average molecular weight is 1050 g/mol. The van der Waals surface area contributed by atoms with E-state index in [2.05, 4.69) is 213 Å². The van der Waals surface area contributed by atoms with Crippen molar-refractivity contribution in [3.05, 3.63) is 161 Å². The Labute approximate surface area is 394 Å². The van der Waals surface area contributed by atoms with E-state index >= 15 is 0 Å². The van der Waals surface area contributed by atoms with Gasteiger partial charge in [-0.25, -0.2) is 0 Å². The molecule has 0 spiro atoms. The van der Waals surface area contributed by atoms with Crippen LogP contribution in [0.3, 0.4) is 0 Å². The zero-order valence-electron chi connectivity index (χ0n) is 34.2. The van der Waals surface area contributed by atoms with Gasteiger partial charge < -0.3 is 0 Å². The van der Waals surface area contributed by atoms with Gasteiger partial charge in [-0.2, -0.15) is 0 Å². The van der Waals surface area contributed by atoms with Crippen LogP contribution in [0.4, 0.5) is 0 Å². The van der Waals surface area contributed by atoms with Crippen molar-refractivity contribution in [3.8, 4) is 66.8 Å². The van der Waals surface area contributed by atoms with E-state index < -0.39 is 0 Å². The van der Waals surface area contributed by atoms with Crippen LogP contribution in [-0.4, -0.2) is 13.4 Å². The SMILES string of the molecule is Cc1cccc(C)c1-c1cc2c3c(cc4c(-c5c(C)cccc5C)cc5c6c(cc1c3c46)B1c3ccc(Br)cc3-c3cc(Br)cc-5c31)B1c3ccc(Br)cc3-c3cc(Br)cc-2c31. The minimum atomic E-state index is 0.110. The largest absolute Gasteiger partial charge is 0.244 e. The van der Waals surface area contributed by atoms with Gasteiger partial charge >= 0.3 is 0 Å². The molecule has 4 aliphatic heterocycles. The Hall–Kier alpha value is -4.71. The lowest BCUT2D eigenvalue weighted by atomic mass is 9.34. The standard InChI is InChI=1S/C56H32B2Br4/c1-25-7-5-8-26(2)49(25)35-21-37-43-19-31(61)17-41-33-15-30(60)12-14-46(33)58(55(41)43)48-24-40-36(50-27(3)9-6-10-28(50)4)22-38-44-20-32(62)18-42-34-16-29(59)11-13-45(34)57(56(42)44)47-23-39(35)53(51(37)48)54(40)52(38)47/h5-24H,1-4H3. The van der Waals surface area contributed by atoms with Crippen molar-refractivity contribution in [2.45, 2.75) is 27.7 Å². The third-order valence-electron chi connectivity index (χ3n) is 15.0. The first-order valence-electron chi connectivity index (χ1n) is 21.3. The molecule has 0 aliphatic carbocycles. The highest BCUT2D eigenvalue weighted by molar-refractivity contribution is 9.11. The van der Waals surface area contributed by atoms with E-state index in [1.807, 2.05) is 0 Å². The fraction of sp³-hybridized carbons (Fsp3) is 0.0714. The molecule has 0 radical (unpaired) electrons. The van der Waals surface area contributed by atoms with Crippen LogP contribution in [-0.2, 0) is 0 Å². The zero-order valence-corrected chi connectivity index (χ0v) is 40.6. The van der Waals surface area contributed by atoms with Gasteiger partial charge in [-0.05, 0) is 210 Å². The van der Waals surface area contributed by atoms with E-state index in [1.165, 1.54) is 154 Å². The van der Waals surface area contributed by atoms with Crippen molar-refractivity contribution in [2.24, 2.45) is 0 Å². The molecule has 0 saturated carbocycles. The quantitative estimate of drug-likeness (QED) is 0.120. The van der Waals surface area contributed by atoms with Crippen molar-refractivity contribution in [2.75, 3.05) is 0 Å². The van der Waals surface area contributed by atoms with Crippen LogP contribution in [0.1, 0.15) is 22.3 Å². The van der Waals surface area contributed by atoms with E-state index in [4.69, 9.17) is 0 Å². The van der Waals surface area contributed by atoms with E-state index in [0.29, 0.717) is 0 Å². The second kappa shape index (κ2) is 12.5. The fourth-order valence-corrected chi connectivity index (χ4v) is 14.4. The highest BCUT2D eigenvalue weighted by Gasteiger charge is 2.45. The van der Waals surface area contributed by atoms with Gasteiger partial charge in [-0.15, -0.1) is 0 Å². The summed E-state index contributed by atoms with van der Waals surface area (Å²) in [5, 5.41) is 8.28. The van der Waals surface area contributed by atoms with E-state index in [9.17, 15) is 0 Å². The number of halogens is 4. The maximum Gasteiger partial charge on any atom is 0.244 e. The van der Waals surface area contributed by atoms with Gasteiger partial charge in [0.15, 0.2) is 0 Å². The normalized spacial score (nSPS) is 13.4. The van der Waals surface area contributed by atoms with Crippen LogP contribution in [0.2, 0.25) is 0 Å². The molecule has 0 N–H and O–H groups in total. The molecule has 0 fully saturated rings. The fourth-order valence-electron chi connectivity index (χ4n) is 12.8. The molecular formula is C56H32B2Br4. The van der Waals surface area contributed by atoms with Gasteiger partial charge in [0.1, 0.15) is 0 Å². The molecule has 0 aromatic heterocycles. The van der Waals surface area contributed by atoms with Crippen molar-refractivity contribution in [1.82, 2.24) is 0 Å². The minimum absolute atomic E-state index is 0.110. The Morgan fingerprint density at radius 2 is 0.661 bits per heavy atom. The van der Waals surface area contributed by atoms with Crippen molar-refractivity contribution >= 4 is 142 Å². The van der Waals surface area contributed by atoms with Crippen LogP contribution < -0.4 is 32.8 Å². The Balaban J connectivity index is 1.27. The number of aryl methyl sites for hydroxylation is 4. The van der Waals surface area contributed by atoms with Gasteiger partial charge in [-0.3, -0.25) is 0 Å². The predicted molar refractivity (Wildman–Crippen MR) is 282 cm³/mol. The lowest BCUT2D eigenvalue weighted by Gasteiger charge is -2.33. The molecule has 0 bridgehead atoms. The summed E-state index contributed by atoms with van der Waals surface area (Å²) in [5.41, 5.74) is 29.6. The average Bonchev–Trinajstić information content (AvgIpc) is 3.73. The predicted octanol–water partition coefficient (Wildman–Crippen LogP) is 13.2. The molecule has 10 aromatic carbocycles. The lowest BCUT2D eigenvalue weighted by molar-refractivity contribution is 1.38. The minimum Gasteiger partial charge on any atom is -0.0652 e. The molecule has 4 heterocycles. The topological polar surface area (TPSA) is 0 Å². The number of rotatable bonds is 2. The van der Waals surface area contributed by atoms with Gasteiger partial charge in [-0.1, -0.05) is 157 Å². The molecule has 4 aliphatic rings. The van der Waals surface area contributed by atoms with Gasteiger partial charge in [0, 0.05) is 17.9 Å². The second-order valence-corrected chi connectivity index (χ2v) is 21.8. The molecule has 62 heavy (non-hydrogen) atoms. The smallest absolute Gasteiger partial charge is 0.0652 e. The van der Waals surface area contributed by atoms with Crippen LogP contribution in [0, 0.1) is 27.7 Å². The first-order valence-corrected chi connectivity index (χ1v) is 24.5. The molecule has 0 unspecified atom stereocenters. The van der Waals surface area contributed by atoms with Crippen molar-refractivity contribution < 1.29 is 0 Å². The maximum absolute atomic E-state index is 4.04. The highest BCUT2D eigenvalue weighted by atomic mass is 79.9. The summed E-state index contributed by atoms with van der Waals surface area (Å²) >= 11 is 15.8.